The molecule has 0 spiro atoms. The zero-order valence-corrected chi connectivity index (χ0v) is 14.8. The number of ketones is 1. The van der Waals surface area contributed by atoms with Crippen LogP contribution >= 0.6 is 23.4 Å². The van der Waals surface area contributed by atoms with Crippen LogP contribution in [0.5, 0.6) is 0 Å². The van der Waals surface area contributed by atoms with E-state index in [4.69, 9.17) is 14.3 Å². The normalized spacial score (nSPS) is 23.1. The Labute approximate surface area is 149 Å². The van der Waals surface area contributed by atoms with Crippen LogP contribution in [0.25, 0.3) is 11.1 Å². The first-order valence-corrected chi connectivity index (χ1v) is 9.22. The SMILES string of the molecule is [2H]c1c2c(c(-c3ccc(Cl)cc3)c3c1C([2H])SC3)C(=O)CC(C)(C)C2. The van der Waals surface area contributed by atoms with Gasteiger partial charge in [0.15, 0.2) is 5.78 Å². The highest BCUT2D eigenvalue weighted by Crippen LogP contribution is 2.45. The summed E-state index contributed by atoms with van der Waals surface area (Å²) < 4.78 is 17.0. The molecular formula is C20H19ClOS. The molecular weight excluding hydrogens is 324 g/mol. The van der Waals surface area contributed by atoms with Gasteiger partial charge in [0.25, 0.3) is 0 Å². The Morgan fingerprint density at radius 2 is 1.91 bits per heavy atom. The van der Waals surface area contributed by atoms with Crippen molar-refractivity contribution in [1.29, 1.82) is 0 Å². The number of benzene rings is 2. The predicted octanol–water partition coefficient (Wildman–Crippen LogP) is 5.91. The zero-order chi connectivity index (χ0) is 17.9. The van der Waals surface area contributed by atoms with Gasteiger partial charge < -0.3 is 0 Å². The number of hydrogen-bond acceptors (Lipinski definition) is 2. The Hall–Kier alpha value is -1.25. The average Bonchev–Trinajstić information content (AvgIpc) is 2.91. The van der Waals surface area contributed by atoms with E-state index < -0.39 is 5.73 Å². The number of halogens is 1. The van der Waals surface area contributed by atoms with E-state index in [0.29, 0.717) is 35.2 Å². The quantitative estimate of drug-likeness (QED) is 0.639. The third-order valence-electron chi connectivity index (χ3n) is 4.60. The lowest BCUT2D eigenvalue weighted by molar-refractivity contribution is 0.0913. The molecule has 0 fully saturated rings. The van der Waals surface area contributed by atoms with Crippen molar-refractivity contribution in [3.63, 3.8) is 0 Å². The van der Waals surface area contributed by atoms with E-state index in [1.807, 2.05) is 24.3 Å². The van der Waals surface area contributed by atoms with E-state index in [-0.39, 0.29) is 11.2 Å². The van der Waals surface area contributed by atoms with Gasteiger partial charge in [-0.05, 0) is 51.8 Å². The van der Waals surface area contributed by atoms with Crippen molar-refractivity contribution in [2.24, 2.45) is 5.41 Å². The first kappa shape index (κ1) is 13.1. The molecule has 0 N–H and O–H groups in total. The van der Waals surface area contributed by atoms with Gasteiger partial charge in [-0.2, -0.15) is 11.8 Å². The fraction of sp³-hybridized carbons (Fsp3) is 0.350. The highest BCUT2D eigenvalue weighted by molar-refractivity contribution is 7.98. The minimum Gasteiger partial charge on any atom is -0.294 e. The van der Waals surface area contributed by atoms with Gasteiger partial charge in [-0.25, -0.2) is 0 Å². The summed E-state index contributed by atoms with van der Waals surface area (Å²) in [7, 11) is 0. The summed E-state index contributed by atoms with van der Waals surface area (Å²) in [6, 6.07) is 7.96. The second-order valence-electron chi connectivity index (χ2n) is 7.12. The van der Waals surface area contributed by atoms with E-state index >= 15 is 0 Å². The lowest BCUT2D eigenvalue weighted by Gasteiger charge is -2.32. The molecule has 1 nitrogen and oxygen atoms in total. The Bertz CT molecular complexity index is 890. The first-order valence-electron chi connectivity index (χ1n) is 8.87. The Morgan fingerprint density at radius 3 is 2.65 bits per heavy atom. The predicted molar refractivity (Wildman–Crippen MR) is 98.3 cm³/mol. The summed E-state index contributed by atoms with van der Waals surface area (Å²) in [6.07, 6.45) is 1.20. The summed E-state index contributed by atoms with van der Waals surface area (Å²) >= 11 is 7.56. The lowest BCUT2D eigenvalue weighted by atomic mass is 9.71. The number of rotatable bonds is 1. The van der Waals surface area contributed by atoms with Crippen molar-refractivity contribution in [3.05, 3.63) is 57.6 Å². The molecule has 118 valence electrons. The number of Topliss-reactive ketones (excluding diaryl/α,β-unsaturated/α-hetero) is 1. The number of hydrogen-bond donors (Lipinski definition) is 0. The molecule has 0 aromatic heterocycles. The highest BCUT2D eigenvalue weighted by atomic mass is 35.5. The molecule has 2 aliphatic rings. The summed E-state index contributed by atoms with van der Waals surface area (Å²) in [6.45, 7) is 4.16. The molecule has 1 aliphatic heterocycles. The first-order chi connectivity index (χ1) is 11.8. The van der Waals surface area contributed by atoms with Crippen molar-refractivity contribution >= 4 is 29.1 Å². The van der Waals surface area contributed by atoms with Crippen LogP contribution in [0.2, 0.25) is 5.02 Å². The molecule has 0 saturated carbocycles. The largest absolute Gasteiger partial charge is 0.294 e. The maximum absolute atomic E-state index is 13.0. The molecule has 1 aliphatic carbocycles. The number of thioether (sulfide) groups is 1. The number of carbonyl (C=O) groups excluding carboxylic acids is 1. The summed E-state index contributed by atoms with van der Waals surface area (Å²) in [5.74, 6) is 0.794. The van der Waals surface area contributed by atoms with E-state index in [1.54, 1.807) is 0 Å². The fourth-order valence-corrected chi connectivity index (χ4v) is 4.68. The van der Waals surface area contributed by atoms with E-state index in [2.05, 4.69) is 13.8 Å². The van der Waals surface area contributed by atoms with Gasteiger partial charge in [-0.15, -0.1) is 0 Å². The van der Waals surface area contributed by atoms with Crippen molar-refractivity contribution in [3.8, 4) is 11.1 Å². The molecule has 1 atom stereocenters. The third kappa shape index (κ3) is 2.62. The third-order valence-corrected chi connectivity index (χ3v) is 5.71. The van der Waals surface area contributed by atoms with Gasteiger partial charge in [-0.3, -0.25) is 4.79 Å². The molecule has 0 amide bonds. The smallest absolute Gasteiger partial charge is 0.164 e. The van der Waals surface area contributed by atoms with Crippen LogP contribution in [-0.2, 0) is 17.9 Å². The van der Waals surface area contributed by atoms with Crippen LogP contribution in [-0.4, -0.2) is 5.78 Å². The summed E-state index contributed by atoms with van der Waals surface area (Å²) in [5, 5.41) is 0.659. The van der Waals surface area contributed by atoms with Crippen molar-refractivity contribution in [2.45, 2.75) is 38.2 Å². The van der Waals surface area contributed by atoms with Gasteiger partial charge >= 0.3 is 0 Å². The van der Waals surface area contributed by atoms with E-state index in [1.165, 1.54) is 11.8 Å². The van der Waals surface area contributed by atoms with E-state index in [9.17, 15) is 4.79 Å². The molecule has 3 heteroatoms. The highest BCUT2D eigenvalue weighted by Gasteiger charge is 2.35. The Kier molecular flexibility index (Phi) is 3.07. The van der Waals surface area contributed by atoms with Crippen LogP contribution in [0.15, 0.2) is 30.3 Å². The minimum absolute atomic E-state index is 0.117. The molecule has 1 heterocycles. The minimum atomic E-state index is -0.445. The Morgan fingerprint density at radius 1 is 1.17 bits per heavy atom. The zero-order valence-electron chi connectivity index (χ0n) is 15.2. The second kappa shape index (κ2) is 5.39. The van der Waals surface area contributed by atoms with Gasteiger partial charge in [-0.1, -0.05) is 43.6 Å². The molecule has 23 heavy (non-hydrogen) atoms. The maximum Gasteiger partial charge on any atom is 0.164 e. The fourth-order valence-electron chi connectivity index (χ4n) is 3.64. The van der Waals surface area contributed by atoms with E-state index in [0.717, 1.165) is 27.8 Å². The van der Waals surface area contributed by atoms with Gasteiger partial charge in [0.2, 0.25) is 0 Å². The standard InChI is InChI=1S/C20H19ClOS/c1-20(2)8-13-7-14-10-23-11-16(14)18(19(13)17(22)9-20)12-3-5-15(21)6-4-12/h3-7H,8-11H2,1-2H3/i7D,10D. The van der Waals surface area contributed by atoms with Crippen molar-refractivity contribution in [2.75, 3.05) is 0 Å². The van der Waals surface area contributed by atoms with Gasteiger partial charge in [0.1, 0.15) is 0 Å². The van der Waals surface area contributed by atoms with Crippen molar-refractivity contribution in [1.82, 2.24) is 0 Å². The monoisotopic (exact) mass is 344 g/mol. The number of carbonyl (C=O) groups is 1. The number of fused-ring (bicyclic) bond motifs is 2. The summed E-state index contributed by atoms with van der Waals surface area (Å²) in [4.78, 5) is 13.0. The molecule has 1 unspecified atom stereocenters. The second-order valence-corrected chi connectivity index (χ2v) is 8.42. The Balaban J connectivity index is 2.07. The lowest BCUT2D eigenvalue weighted by Crippen LogP contribution is -2.28. The van der Waals surface area contributed by atoms with Crippen LogP contribution < -0.4 is 0 Å². The van der Waals surface area contributed by atoms with Crippen molar-refractivity contribution < 1.29 is 7.54 Å². The maximum atomic E-state index is 13.0. The van der Waals surface area contributed by atoms with Crippen LogP contribution in [0.4, 0.5) is 0 Å². The van der Waals surface area contributed by atoms with Crippen LogP contribution in [0, 0.1) is 5.41 Å². The topological polar surface area (TPSA) is 17.1 Å². The molecule has 4 rings (SSSR count). The molecule has 0 bridgehead atoms. The molecule has 0 radical (unpaired) electrons. The molecule has 0 saturated heterocycles. The molecule has 2 aromatic rings. The van der Waals surface area contributed by atoms with Crippen LogP contribution in [0.3, 0.4) is 0 Å². The van der Waals surface area contributed by atoms with Crippen LogP contribution in [0.1, 0.15) is 50.1 Å². The average molecular weight is 345 g/mol. The van der Waals surface area contributed by atoms with Gasteiger partial charge in [0.05, 0.1) is 1.37 Å². The summed E-state index contributed by atoms with van der Waals surface area (Å²) in [5.41, 5.74) is 4.61. The van der Waals surface area contributed by atoms with Gasteiger partial charge in [0, 0.05) is 29.9 Å². The molecule has 2 aromatic carbocycles.